The number of ether oxygens (including phenoxy) is 3. The maximum absolute atomic E-state index is 14.0. The van der Waals surface area contributed by atoms with Crippen molar-refractivity contribution in [2.24, 2.45) is 11.7 Å². The number of rotatable bonds is 16. The van der Waals surface area contributed by atoms with Crippen molar-refractivity contribution in [3.05, 3.63) is 155 Å². The van der Waals surface area contributed by atoms with Crippen molar-refractivity contribution in [2.75, 3.05) is 13.1 Å². The molecule has 1 aromatic heterocycles. The summed E-state index contributed by atoms with van der Waals surface area (Å²) in [5.74, 6) is 0.290. The van der Waals surface area contributed by atoms with Crippen LogP contribution in [-0.4, -0.2) is 30.1 Å². The van der Waals surface area contributed by atoms with E-state index in [1.54, 1.807) is 6.07 Å². The number of carbonyl (C=O) groups excluding carboxylic acids is 2. The van der Waals surface area contributed by atoms with Crippen LogP contribution >= 0.6 is 0 Å². The number of hydrogen-bond acceptors (Lipinski definition) is 6. The minimum Gasteiger partial charge on any atom is -0.489 e. The molecule has 0 aliphatic rings. The normalized spacial score (nSPS) is 12.2. The van der Waals surface area contributed by atoms with Crippen LogP contribution in [0.2, 0.25) is 0 Å². The molecule has 0 fully saturated rings. The molecule has 4 N–H and O–H groups in total. The lowest BCUT2D eigenvalue weighted by Gasteiger charge is -2.23. The lowest BCUT2D eigenvalue weighted by atomic mass is 9.83. The van der Waals surface area contributed by atoms with Crippen molar-refractivity contribution >= 4 is 23.0 Å². The zero-order chi connectivity index (χ0) is 37.9. The first-order valence-corrected chi connectivity index (χ1v) is 18.7. The molecule has 0 saturated carbocycles. The number of nitrogens with one attached hydrogen (secondary N) is 2. The Labute approximate surface area is 317 Å². The van der Waals surface area contributed by atoms with Crippen LogP contribution in [0.15, 0.2) is 121 Å². The lowest BCUT2D eigenvalue weighted by Crippen LogP contribution is -2.26. The molecule has 5 aromatic carbocycles. The number of aromatic amines is 1. The minimum absolute atomic E-state index is 0.193. The van der Waals surface area contributed by atoms with Crippen molar-refractivity contribution < 1.29 is 23.8 Å². The fourth-order valence-electron chi connectivity index (χ4n) is 7.00. The van der Waals surface area contributed by atoms with E-state index in [2.05, 4.69) is 54.5 Å². The molecule has 0 saturated heterocycles. The van der Waals surface area contributed by atoms with Gasteiger partial charge in [0.25, 0.3) is 0 Å². The summed E-state index contributed by atoms with van der Waals surface area (Å²) < 4.78 is 17.6. The average molecular weight is 724 g/mol. The van der Waals surface area contributed by atoms with Crippen LogP contribution in [-0.2, 0) is 29.2 Å². The van der Waals surface area contributed by atoms with E-state index in [0.717, 1.165) is 61.3 Å². The van der Waals surface area contributed by atoms with Crippen LogP contribution in [0.25, 0.3) is 22.2 Å². The van der Waals surface area contributed by atoms with E-state index >= 15 is 0 Å². The Morgan fingerprint density at radius 2 is 1.41 bits per heavy atom. The van der Waals surface area contributed by atoms with Crippen molar-refractivity contribution in [2.45, 2.75) is 59.2 Å². The van der Waals surface area contributed by atoms with Gasteiger partial charge >= 0.3 is 12.1 Å². The number of fused-ring (bicyclic) bond motifs is 1. The smallest absolute Gasteiger partial charge is 0.412 e. The molecule has 8 nitrogen and oxygen atoms in total. The van der Waals surface area contributed by atoms with E-state index in [1.807, 2.05) is 91.9 Å². The van der Waals surface area contributed by atoms with E-state index in [1.165, 1.54) is 0 Å². The van der Waals surface area contributed by atoms with Crippen LogP contribution in [0.5, 0.6) is 11.5 Å². The fraction of sp³-hybridized carbons (Fsp3) is 0.261. The predicted octanol–water partition coefficient (Wildman–Crippen LogP) is 9.56. The van der Waals surface area contributed by atoms with Crippen molar-refractivity contribution in [3.63, 3.8) is 0 Å². The van der Waals surface area contributed by atoms with Gasteiger partial charge in [-0.1, -0.05) is 90.0 Å². The monoisotopic (exact) mass is 723 g/mol. The number of esters is 1. The number of aromatic nitrogens is 1. The van der Waals surface area contributed by atoms with E-state index < -0.39 is 12.0 Å². The zero-order valence-corrected chi connectivity index (χ0v) is 31.3. The predicted molar refractivity (Wildman–Crippen MR) is 215 cm³/mol. The molecular weight excluding hydrogens is 675 g/mol. The molecule has 2 unspecified atom stereocenters. The minimum atomic E-state index is -0.518. The SMILES string of the molecule is CCNC(=O)Oc1ccc2[nH]c(-c3cc(C)cc(C)c3)c(C(CN)CC(CCc3ccc(OCc4ccccc4)cc3)C(=O)OCc3ccccc3)c2c1. The highest BCUT2D eigenvalue weighted by atomic mass is 16.6. The second-order valence-electron chi connectivity index (χ2n) is 13.8. The van der Waals surface area contributed by atoms with Gasteiger partial charge in [0.15, 0.2) is 0 Å². The Hall–Kier alpha value is -5.86. The quantitative estimate of drug-likeness (QED) is 0.0857. The van der Waals surface area contributed by atoms with Gasteiger partial charge in [-0.3, -0.25) is 4.79 Å². The summed E-state index contributed by atoms with van der Waals surface area (Å²) in [5.41, 5.74) is 15.9. The molecule has 0 aliphatic carbocycles. The summed E-state index contributed by atoms with van der Waals surface area (Å²) in [6, 6.07) is 39.9. The summed E-state index contributed by atoms with van der Waals surface area (Å²) in [6.07, 6.45) is 1.19. The lowest BCUT2D eigenvalue weighted by molar-refractivity contribution is -0.150. The second kappa shape index (κ2) is 18.3. The number of carbonyl (C=O) groups is 2. The van der Waals surface area contributed by atoms with Gasteiger partial charge in [0.1, 0.15) is 24.7 Å². The van der Waals surface area contributed by atoms with E-state index in [9.17, 15) is 9.59 Å². The van der Waals surface area contributed by atoms with Crippen molar-refractivity contribution in [1.29, 1.82) is 0 Å². The summed E-state index contributed by atoms with van der Waals surface area (Å²) in [5, 5.41) is 3.59. The number of nitrogens with two attached hydrogens (primary N) is 1. The summed E-state index contributed by atoms with van der Waals surface area (Å²) in [4.78, 5) is 30.1. The Balaban J connectivity index is 1.29. The molecule has 1 amide bonds. The molecule has 0 bridgehead atoms. The van der Waals surface area contributed by atoms with Gasteiger partial charge in [-0.25, -0.2) is 4.79 Å². The van der Waals surface area contributed by atoms with Gasteiger partial charge in [-0.15, -0.1) is 0 Å². The van der Waals surface area contributed by atoms with Gasteiger partial charge in [0.05, 0.1) is 11.6 Å². The number of amides is 1. The first kappa shape index (κ1) is 37.9. The Bertz CT molecular complexity index is 2130. The second-order valence-corrected chi connectivity index (χ2v) is 13.8. The molecule has 1 heterocycles. The Kier molecular flexibility index (Phi) is 12.8. The maximum Gasteiger partial charge on any atom is 0.412 e. The summed E-state index contributed by atoms with van der Waals surface area (Å²) in [6.45, 7) is 7.44. The third-order valence-corrected chi connectivity index (χ3v) is 9.62. The van der Waals surface area contributed by atoms with E-state index in [0.29, 0.717) is 44.7 Å². The fourth-order valence-corrected chi connectivity index (χ4v) is 7.00. The van der Waals surface area contributed by atoms with Crippen molar-refractivity contribution in [3.8, 4) is 22.8 Å². The zero-order valence-electron chi connectivity index (χ0n) is 31.3. The number of H-pyrrole nitrogens is 1. The molecule has 6 aromatic rings. The number of benzene rings is 5. The molecule has 2 atom stereocenters. The van der Waals surface area contributed by atoms with E-state index in [4.69, 9.17) is 19.9 Å². The van der Waals surface area contributed by atoms with Crippen LogP contribution in [0, 0.1) is 19.8 Å². The maximum atomic E-state index is 14.0. The highest BCUT2D eigenvalue weighted by Gasteiger charge is 2.29. The van der Waals surface area contributed by atoms with Gasteiger partial charge in [-0.2, -0.15) is 0 Å². The highest BCUT2D eigenvalue weighted by Crippen LogP contribution is 2.41. The van der Waals surface area contributed by atoms with E-state index in [-0.39, 0.29) is 18.5 Å². The van der Waals surface area contributed by atoms with Crippen LogP contribution in [0.4, 0.5) is 4.79 Å². The number of aryl methyl sites for hydroxylation is 3. The third kappa shape index (κ3) is 9.96. The Morgan fingerprint density at radius 3 is 2.06 bits per heavy atom. The molecule has 0 aliphatic heterocycles. The standard InChI is InChI=1S/C46H49N3O5/c1-4-48-46(51)54-40-21-22-42-41(27-40)43(44(49-42)37-24-31(2)23-32(3)25-37)38(28-47)26-36(45(50)53-30-35-13-9-6-10-14-35)18-15-33-16-19-39(20-17-33)52-29-34-11-7-5-8-12-34/h5-14,16-17,19-25,27,36,38,49H,4,15,18,26,28-30,47H2,1-3H3,(H,48,51). The van der Waals surface area contributed by atoms with Crippen LogP contribution in [0.1, 0.15) is 59.1 Å². The summed E-state index contributed by atoms with van der Waals surface area (Å²) >= 11 is 0. The first-order chi connectivity index (χ1) is 26.3. The van der Waals surface area contributed by atoms with Crippen LogP contribution < -0.4 is 20.5 Å². The van der Waals surface area contributed by atoms with Gasteiger partial charge in [-0.05, 0) is 123 Å². The third-order valence-electron chi connectivity index (χ3n) is 9.62. The summed E-state index contributed by atoms with van der Waals surface area (Å²) in [7, 11) is 0. The van der Waals surface area contributed by atoms with Crippen LogP contribution in [0.3, 0.4) is 0 Å². The molecule has 0 spiro atoms. The largest absolute Gasteiger partial charge is 0.489 e. The van der Waals surface area contributed by atoms with Gasteiger partial charge in [0.2, 0.25) is 0 Å². The number of hydrogen-bond donors (Lipinski definition) is 3. The molecular formula is C46H49N3O5. The van der Waals surface area contributed by atoms with Crippen molar-refractivity contribution in [1.82, 2.24) is 10.3 Å². The molecule has 0 radical (unpaired) electrons. The first-order valence-electron chi connectivity index (χ1n) is 18.7. The molecule has 54 heavy (non-hydrogen) atoms. The van der Waals surface area contributed by atoms with Gasteiger partial charge < -0.3 is 30.2 Å². The highest BCUT2D eigenvalue weighted by molar-refractivity contribution is 5.93. The topological polar surface area (TPSA) is 116 Å². The van der Waals surface area contributed by atoms with Gasteiger partial charge in [0, 0.05) is 17.4 Å². The average Bonchev–Trinajstić information content (AvgIpc) is 3.56. The molecule has 278 valence electrons. The molecule has 8 heteroatoms. The molecule has 6 rings (SSSR count). The Morgan fingerprint density at radius 1 is 0.759 bits per heavy atom.